The predicted octanol–water partition coefficient (Wildman–Crippen LogP) is 2.05. The molecule has 17 heavy (non-hydrogen) atoms. The lowest BCUT2D eigenvalue weighted by Gasteiger charge is -2.09. The highest BCUT2D eigenvalue weighted by molar-refractivity contribution is 9.10. The molecule has 0 bridgehead atoms. The molecular weight excluding hydrogens is 304 g/mol. The van der Waals surface area contributed by atoms with Crippen molar-refractivity contribution >= 4 is 33.4 Å². The van der Waals surface area contributed by atoms with E-state index >= 15 is 0 Å². The summed E-state index contributed by atoms with van der Waals surface area (Å²) in [4.78, 5) is 12.1. The molecule has 1 saturated heterocycles. The third-order valence-electron chi connectivity index (χ3n) is 3.56. The van der Waals surface area contributed by atoms with Crippen molar-refractivity contribution < 1.29 is 4.79 Å². The monoisotopic (exact) mass is 314 g/mol. The Morgan fingerprint density at radius 1 is 1.41 bits per heavy atom. The summed E-state index contributed by atoms with van der Waals surface area (Å²) in [5, 5.41) is 6.96. The lowest BCUT2D eigenvalue weighted by Crippen LogP contribution is -2.32. The van der Waals surface area contributed by atoms with Gasteiger partial charge in [0.25, 0.3) is 5.91 Å². The Kier molecular flexibility index (Phi) is 2.89. The molecule has 2 atom stereocenters. The Balaban J connectivity index is 1.72. The van der Waals surface area contributed by atoms with Gasteiger partial charge in [-0.3, -0.25) is 4.79 Å². The summed E-state index contributed by atoms with van der Waals surface area (Å²) >= 11 is 9.27. The van der Waals surface area contributed by atoms with Crippen molar-refractivity contribution in [2.45, 2.75) is 6.04 Å². The van der Waals surface area contributed by atoms with Gasteiger partial charge in [-0.25, -0.2) is 0 Å². The number of benzene rings is 1. The molecule has 2 aliphatic rings. The third kappa shape index (κ3) is 2.09. The minimum atomic E-state index is -0.0428. The lowest BCUT2D eigenvalue weighted by molar-refractivity contribution is 0.0946. The molecule has 0 spiro atoms. The average Bonchev–Trinajstić information content (AvgIpc) is 2.76. The van der Waals surface area contributed by atoms with Gasteiger partial charge in [0.15, 0.2) is 0 Å². The maximum absolute atomic E-state index is 12.1. The van der Waals surface area contributed by atoms with Crippen molar-refractivity contribution in [1.82, 2.24) is 10.6 Å². The van der Waals surface area contributed by atoms with Gasteiger partial charge in [-0.15, -0.1) is 0 Å². The smallest absolute Gasteiger partial charge is 0.252 e. The Bertz CT molecular complexity index is 470. The predicted molar refractivity (Wildman–Crippen MR) is 70.3 cm³/mol. The van der Waals surface area contributed by atoms with E-state index in [2.05, 4.69) is 26.6 Å². The second-order valence-corrected chi connectivity index (χ2v) is 5.90. The quantitative estimate of drug-likeness (QED) is 0.877. The van der Waals surface area contributed by atoms with Crippen molar-refractivity contribution in [2.75, 3.05) is 13.1 Å². The molecule has 3 rings (SSSR count). The van der Waals surface area contributed by atoms with Gasteiger partial charge in [0.2, 0.25) is 0 Å². The van der Waals surface area contributed by atoms with Crippen molar-refractivity contribution in [3.05, 3.63) is 33.3 Å². The highest BCUT2D eigenvalue weighted by Crippen LogP contribution is 2.41. The Morgan fingerprint density at radius 3 is 2.82 bits per heavy atom. The molecule has 3 nitrogen and oxygen atoms in total. The first-order valence-electron chi connectivity index (χ1n) is 5.63. The van der Waals surface area contributed by atoms with Crippen LogP contribution in [0.2, 0.25) is 5.02 Å². The minimum absolute atomic E-state index is 0.0428. The van der Waals surface area contributed by atoms with Crippen LogP contribution in [0.25, 0.3) is 0 Å². The van der Waals surface area contributed by atoms with Crippen LogP contribution >= 0.6 is 27.5 Å². The molecule has 1 aliphatic carbocycles. The second-order valence-electron chi connectivity index (χ2n) is 4.61. The number of piperidine rings is 1. The van der Waals surface area contributed by atoms with Crippen molar-refractivity contribution in [3.63, 3.8) is 0 Å². The number of carbonyl (C=O) groups is 1. The van der Waals surface area contributed by atoms with E-state index in [-0.39, 0.29) is 5.91 Å². The topological polar surface area (TPSA) is 41.1 Å². The van der Waals surface area contributed by atoms with Gasteiger partial charge in [-0.2, -0.15) is 0 Å². The van der Waals surface area contributed by atoms with Crippen LogP contribution in [0.4, 0.5) is 0 Å². The lowest BCUT2D eigenvalue weighted by atomic mass is 10.2. The molecule has 0 radical (unpaired) electrons. The van der Waals surface area contributed by atoms with E-state index in [0.29, 0.717) is 28.5 Å². The first kappa shape index (κ1) is 11.5. The largest absolute Gasteiger partial charge is 0.349 e. The van der Waals surface area contributed by atoms with Crippen LogP contribution in [0, 0.1) is 11.8 Å². The molecule has 1 heterocycles. The van der Waals surface area contributed by atoms with Crippen LogP contribution in [0.5, 0.6) is 0 Å². The van der Waals surface area contributed by atoms with E-state index in [0.717, 1.165) is 17.6 Å². The summed E-state index contributed by atoms with van der Waals surface area (Å²) in [6.07, 6.45) is 0. The number of carbonyl (C=O) groups excluding carboxylic acids is 1. The Labute approximate surface area is 113 Å². The minimum Gasteiger partial charge on any atom is -0.349 e. The number of hydrogen-bond acceptors (Lipinski definition) is 2. The Hall–Kier alpha value is -0.580. The SMILES string of the molecule is O=C(NC1C2CNCC21)c1cc(Cl)ccc1Br. The van der Waals surface area contributed by atoms with Crippen molar-refractivity contribution in [2.24, 2.45) is 11.8 Å². The molecule has 2 unspecified atom stereocenters. The number of fused-ring (bicyclic) bond motifs is 1. The number of amides is 1. The van der Waals surface area contributed by atoms with Gasteiger partial charge in [-0.05, 0) is 46.0 Å². The molecular formula is C12H12BrClN2O. The van der Waals surface area contributed by atoms with Crippen molar-refractivity contribution in [1.29, 1.82) is 0 Å². The standard InChI is InChI=1S/C12H12BrClN2O/c13-10-2-1-6(14)3-7(10)12(17)16-11-8-4-15-5-9(8)11/h1-3,8-9,11,15H,4-5H2,(H,16,17). The molecule has 1 aromatic carbocycles. The zero-order valence-corrected chi connectivity index (χ0v) is 11.4. The fourth-order valence-corrected chi connectivity index (χ4v) is 3.13. The van der Waals surface area contributed by atoms with E-state index in [9.17, 15) is 4.79 Å². The molecule has 1 aliphatic heterocycles. The molecule has 1 aromatic rings. The van der Waals surface area contributed by atoms with E-state index in [1.54, 1.807) is 18.2 Å². The van der Waals surface area contributed by atoms with Crippen LogP contribution in [0.15, 0.2) is 22.7 Å². The summed E-state index contributed by atoms with van der Waals surface area (Å²) in [5.41, 5.74) is 0.607. The van der Waals surface area contributed by atoms with E-state index in [4.69, 9.17) is 11.6 Å². The molecule has 2 fully saturated rings. The van der Waals surface area contributed by atoms with Gasteiger partial charge in [0.05, 0.1) is 5.56 Å². The maximum atomic E-state index is 12.1. The summed E-state index contributed by atoms with van der Waals surface area (Å²) < 4.78 is 0.781. The van der Waals surface area contributed by atoms with Gasteiger partial charge < -0.3 is 10.6 Å². The maximum Gasteiger partial charge on any atom is 0.252 e. The van der Waals surface area contributed by atoms with Crippen LogP contribution in [0.3, 0.4) is 0 Å². The average molecular weight is 316 g/mol. The highest BCUT2D eigenvalue weighted by Gasteiger charge is 2.53. The highest BCUT2D eigenvalue weighted by atomic mass is 79.9. The molecule has 1 amide bonds. The molecule has 90 valence electrons. The van der Waals surface area contributed by atoms with Gasteiger partial charge in [-0.1, -0.05) is 11.6 Å². The normalized spacial score (nSPS) is 29.9. The van der Waals surface area contributed by atoms with E-state index in [1.165, 1.54) is 0 Å². The first-order chi connectivity index (χ1) is 8.16. The first-order valence-corrected chi connectivity index (χ1v) is 6.80. The second kappa shape index (κ2) is 4.26. The number of hydrogen-bond donors (Lipinski definition) is 2. The zero-order chi connectivity index (χ0) is 12.0. The summed E-state index contributed by atoms with van der Waals surface area (Å²) in [6.45, 7) is 2.04. The fourth-order valence-electron chi connectivity index (χ4n) is 2.53. The van der Waals surface area contributed by atoms with Gasteiger partial charge in [0, 0.05) is 28.6 Å². The van der Waals surface area contributed by atoms with Gasteiger partial charge >= 0.3 is 0 Å². The van der Waals surface area contributed by atoms with Crippen LogP contribution in [0.1, 0.15) is 10.4 Å². The molecule has 0 aromatic heterocycles. The van der Waals surface area contributed by atoms with Crippen LogP contribution in [-0.4, -0.2) is 25.0 Å². The Morgan fingerprint density at radius 2 is 2.12 bits per heavy atom. The zero-order valence-electron chi connectivity index (χ0n) is 9.04. The van der Waals surface area contributed by atoms with Crippen molar-refractivity contribution in [3.8, 4) is 0 Å². The van der Waals surface area contributed by atoms with Crippen LogP contribution in [-0.2, 0) is 0 Å². The number of nitrogens with one attached hydrogen (secondary N) is 2. The summed E-state index contributed by atoms with van der Waals surface area (Å²) in [7, 11) is 0. The number of rotatable bonds is 2. The molecule has 5 heteroatoms. The summed E-state index contributed by atoms with van der Waals surface area (Å²) in [6, 6.07) is 5.59. The van der Waals surface area contributed by atoms with E-state index < -0.39 is 0 Å². The fraction of sp³-hybridized carbons (Fsp3) is 0.417. The number of halogens is 2. The van der Waals surface area contributed by atoms with E-state index in [1.807, 2.05) is 0 Å². The molecule has 2 N–H and O–H groups in total. The van der Waals surface area contributed by atoms with Gasteiger partial charge in [0.1, 0.15) is 0 Å². The molecule has 1 saturated carbocycles. The summed E-state index contributed by atoms with van der Waals surface area (Å²) in [5.74, 6) is 1.20. The third-order valence-corrected chi connectivity index (χ3v) is 4.49. The van der Waals surface area contributed by atoms with Crippen LogP contribution < -0.4 is 10.6 Å².